The first-order valence-corrected chi connectivity index (χ1v) is 7.30. The van der Waals surface area contributed by atoms with Gasteiger partial charge in [0.2, 0.25) is 5.91 Å². The van der Waals surface area contributed by atoms with Crippen LogP contribution in [0.15, 0.2) is 42.5 Å². The number of carbonyl (C=O) groups is 1. The fraction of sp³-hybridized carbons (Fsp3) is 0.235. The molecular formula is C17H17ClFNO2. The molecule has 2 aromatic carbocycles. The molecule has 0 saturated carbocycles. The second-order valence-corrected chi connectivity index (χ2v) is 5.49. The molecule has 0 spiro atoms. The number of benzene rings is 2. The molecule has 0 aliphatic carbocycles. The van der Waals surface area contributed by atoms with Gasteiger partial charge in [0.05, 0.1) is 0 Å². The van der Waals surface area contributed by atoms with Crippen molar-refractivity contribution in [3.8, 4) is 5.75 Å². The predicted octanol–water partition coefficient (Wildman–Crippen LogP) is 3.78. The van der Waals surface area contributed by atoms with E-state index in [1.807, 2.05) is 6.07 Å². The normalized spacial score (nSPS) is 10.5. The van der Waals surface area contributed by atoms with Gasteiger partial charge in [0.25, 0.3) is 0 Å². The zero-order chi connectivity index (χ0) is 16.1. The van der Waals surface area contributed by atoms with Crippen LogP contribution in [0.3, 0.4) is 0 Å². The van der Waals surface area contributed by atoms with Crippen LogP contribution in [0.4, 0.5) is 4.39 Å². The minimum Gasteiger partial charge on any atom is -0.508 e. The lowest BCUT2D eigenvalue weighted by Gasteiger charge is -2.18. The average Bonchev–Trinajstić information content (AvgIpc) is 2.49. The molecule has 3 nitrogen and oxygen atoms in total. The maximum absolute atomic E-state index is 13.7. The lowest BCUT2D eigenvalue weighted by Crippen LogP contribution is -2.27. The third kappa shape index (κ3) is 3.98. The van der Waals surface area contributed by atoms with E-state index < -0.39 is 5.82 Å². The van der Waals surface area contributed by atoms with Gasteiger partial charge in [0, 0.05) is 30.6 Å². The second kappa shape index (κ2) is 7.27. The molecule has 2 rings (SSSR count). The molecule has 0 radical (unpaired) electrons. The van der Waals surface area contributed by atoms with E-state index in [1.165, 1.54) is 17.0 Å². The Labute approximate surface area is 133 Å². The van der Waals surface area contributed by atoms with Crippen molar-refractivity contribution in [3.63, 3.8) is 0 Å². The van der Waals surface area contributed by atoms with Crippen LogP contribution < -0.4 is 0 Å². The molecule has 0 unspecified atom stereocenters. The quantitative estimate of drug-likeness (QED) is 0.910. The van der Waals surface area contributed by atoms with E-state index in [0.717, 1.165) is 0 Å². The number of amides is 1. The molecule has 0 aliphatic rings. The molecule has 5 heteroatoms. The van der Waals surface area contributed by atoms with E-state index in [-0.39, 0.29) is 24.6 Å². The van der Waals surface area contributed by atoms with E-state index in [2.05, 4.69) is 0 Å². The fourth-order valence-electron chi connectivity index (χ4n) is 2.16. The van der Waals surface area contributed by atoms with E-state index in [4.69, 9.17) is 11.6 Å². The Bertz CT molecular complexity index is 655. The highest BCUT2D eigenvalue weighted by atomic mass is 35.5. The fourth-order valence-corrected chi connectivity index (χ4v) is 2.39. The highest BCUT2D eigenvalue weighted by Crippen LogP contribution is 2.21. The Kier molecular flexibility index (Phi) is 5.39. The number of para-hydroxylation sites is 1. The summed E-state index contributed by atoms with van der Waals surface area (Å²) in [7, 11) is 1.61. The molecule has 22 heavy (non-hydrogen) atoms. The first-order chi connectivity index (χ1) is 10.5. The van der Waals surface area contributed by atoms with Gasteiger partial charge in [0.1, 0.15) is 11.6 Å². The average molecular weight is 322 g/mol. The number of aryl methyl sites for hydroxylation is 1. The number of hydrogen-bond acceptors (Lipinski definition) is 2. The molecule has 116 valence electrons. The van der Waals surface area contributed by atoms with Crippen LogP contribution in [0.2, 0.25) is 5.02 Å². The highest BCUT2D eigenvalue weighted by Gasteiger charge is 2.14. The summed E-state index contributed by atoms with van der Waals surface area (Å²) in [5.41, 5.74) is 1.02. The minimum absolute atomic E-state index is 0.116. The van der Waals surface area contributed by atoms with Crippen molar-refractivity contribution in [1.29, 1.82) is 0 Å². The third-order valence-electron chi connectivity index (χ3n) is 3.48. The number of hydrogen-bond donors (Lipinski definition) is 1. The molecule has 0 fully saturated rings. The van der Waals surface area contributed by atoms with Crippen LogP contribution >= 0.6 is 11.6 Å². The summed E-state index contributed by atoms with van der Waals surface area (Å²) in [6.07, 6.45) is 0.668. The summed E-state index contributed by atoms with van der Waals surface area (Å²) in [4.78, 5) is 13.6. The Morgan fingerprint density at radius 1 is 1.23 bits per heavy atom. The topological polar surface area (TPSA) is 40.5 Å². The van der Waals surface area contributed by atoms with Gasteiger partial charge >= 0.3 is 0 Å². The van der Waals surface area contributed by atoms with E-state index in [0.29, 0.717) is 22.6 Å². The summed E-state index contributed by atoms with van der Waals surface area (Å²) in [5, 5.41) is 9.98. The largest absolute Gasteiger partial charge is 0.508 e. The van der Waals surface area contributed by atoms with Crippen LogP contribution in [0, 0.1) is 5.82 Å². The predicted molar refractivity (Wildman–Crippen MR) is 84.3 cm³/mol. The molecule has 0 atom stereocenters. The van der Waals surface area contributed by atoms with Crippen LogP contribution in [0.25, 0.3) is 0 Å². The van der Waals surface area contributed by atoms with Crippen molar-refractivity contribution in [1.82, 2.24) is 4.90 Å². The van der Waals surface area contributed by atoms with E-state index in [9.17, 15) is 14.3 Å². The summed E-state index contributed by atoms with van der Waals surface area (Å²) >= 11 is 5.96. The lowest BCUT2D eigenvalue weighted by molar-refractivity contribution is -0.130. The number of carbonyl (C=O) groups excluding carboxylic acids is 1. The highest BCUT2D eigenvalue weighted by molar-refractivity contribution is 6.31. The van der Waals surface area contributed by atoms with Gasteiger partial charge in [-0.3, -0.25) is 4.79 Å². The van der Waals surface area contributed by atoms with Gasteiger partial charge in [0.15, 0.2) is 0 Å². The Morgan fingerprint density at radius 2 is 1.95 bits per heavy atom. The molecular weight excluding hydrogens is 305 g/mol. The van der Waals surface area contributed by atoms with Gasteiger partial charge in [-0.2, -0.15) is 0 Å². The van der Waals surface area contributed by atoms with Gasteiger partial charge in [-0.1, -0.05) is 35.9 Å². The van der Waals surface area contributed by atoms with Crippen molar-refractivity contribution in [2.75, 3.05) is 7.05 Å². The van der Waals surface area contributed by atoms with Crippen LogP contribution in [-0.4, -0.2) is 23.0 Å². The smallest absolute Gasteiger partial charge is 0.222 e. The van der Waals surface area contributed by atoms with Crippen molar-refractivity contribution >= 4 is 17.5 Å². The number of rotatable bonds is 5. The first kappa shape index (κ1) is 16.3. The Morgan fingerprint density at radius 3 is 2.64 bits per heavy atom. The standard InChI is InChI=1S/C17H17ClFNO2/c1-20(11-13-14(18)6-4-7-15(13)19)17(22)10-9-12-5-2-3-8-16(12)21/h2-8,21H,9-11H2,1H3. The van der Waals surface area contributed by atoms with Gasteiger partial charge in [-0.25, -0.2) is 4.39 Å². The maximum Gasteiger partial charge on any atom is 0.222 e. The number of nitrogens with zero attached hydrogens (tertiary/aromatic N) is 1. The minimum atomic E-state index is -0.423. The third-order valence-corrected chi connectivity index (χ3v) is 3.84. The molecule has 0 saturated heterocycles. The summed E-state index contributed by atoms with van der Waals surface area (Å²) in [6, 6.07) is 11.3. The molecule has 0 aliphatic heterocycles. The molecule has 0 heterocycles. The monoisotopic (exact) mass is 321 g/mol. The lowest BCUT2D eigenvalue weighted by atomic mass is 10.1. The van der Waals surface area contributed by atoms with Crippen molar-refractivity contribution in [2.24, 2.45) is 0 Å². The van der Waals surface area contributed by atoms with Crippen LogP contribution in [-0.2, 0) is 17.8 Å². The van der Waals surface area contributed by atoms with Gasteiger partial charge in [-0.05, 0) is 30.2 Å². The molecule has 0 bridgehead atoms. The van der Waals surface area contributed by atoms with Crippen LogP contribution in [0.1, 0.15) is 17.5 Å². The molecule has 1 N–H and O–H groups in total. The van der Waals surface area contributed by atoms with Crippen molar-refractivity contribution in [2.45, 2.75) is 19.4 Å². The molecule has 1 amide bonds. The van der Waals surface area contributed by atoms with Crippen molar-refractivity contribution < 1.29 is 14.3 Å². The zero-order valence-corrected chi connectivity index (χ0v) is 13.0. The summed E-state index contributed by atoms with van der Waals surface area (Å²) < 4.78 is 13.7. The van der Waals surface area contributed by atoms with E-state index >= 15 is 0 Å². The number of phenols is 1. The van der Waals surface area contributed by atoms with E-state index in [1.54, 1.807) is 31.3 Å². The molecule has 2 aromatic rings. The second-order valence-electron chi connectivity index (χ2n) is 5.08. The number of halogens is 2. The van der Waals surface area contributed by atoms with Crippen molar-refractivity contribution in [3.05, 3.63) is 64.4 Å². The van der Waals surface area contributed by atoms with Crippen LogP contribution in [0.5, 0.6) is 5.75 Å². The molecule has 0 aromatic heterocycles. The Hall–Kier alpha value is -2.07. The first-order valence-electron chi connectivity index (χ1n) is 6.92. The SMILES string of the molecule is CN(Cc1c(F)cccc1Cl)C(=O)CCc1ccccc1O. The van der Waals surface area contributed by atoms with Gasteiger partial charge in [-0.15, -0.1) is 0 Å². The number of aromatic hydroxyl groups is 1. The maximum atomic E-state index is 13.7. The number of phenolic OH excluding ortho intramolecular Hbond substituents is 1. The van der Waals surface area contributed by atoms with Gasteiger partial charge < -0.3 is 10.0 Å². The zero-order valence-electron chi connectivity index (χ0n) is 12.2. The summed E-state index contributed by atoms with van der Waals surface area (Å²) in [6.45, 7) is 0.116. The summed E-state index contributed by atoms with van der Waals surface area (Å²) in [5.74, 6) is -0.384. The Balaban J connectivity index is 1.97.